The molecule has 3 nitrogen and oxygen atoms in total. The van der Waals surface area contributed by atoms with Gasteiger partial charge < -0.3 is 10.6 Å². The summed E-state index contributed by atoms with van der Waals surface area (Å²) >= 11 is 0. The van der Waals surface area contributed by atoms with Crippen molar-refractivity contribution in [3.63, 3.8) is 0 Å². The molecule has 0 radical (unpaired) electrons. The van der Waals surface area contributed by atoms with E-state index in [1.165, 1.54) is 12.1 Å². The number of hydrogen-bond donors (Lipinski definition) is 2. The number of benzene rings is 1. The molecular weight excluding hydrogens is 205 g/mol. The van der Waals surface area contributed by atoms with Crippen molar-refractivity contribution in [2.24, 2.45) is 0 Å². The summed E-state index contributed by atoms with van der Waals surface area (Å²) < 4.78 is 12.9. The first-order valence-electron chi connectivity index (χ1n) is 5.77. The first-order valence-corrected chi connectivity index (χ1v) is 5.77. The molecule has 4 heteroatoms. The van der Waals surface area contributed by atoms with Gasteiger partial charge in [0.15, 0.2) is 0 Å². The number of piperazine rings is 1. The normalized spacial score (nSPS) is 17.3. The molecule has 0 saturated carbocycles. The zero-order valence-corrected chi connectivity index (χ0v) is 9.38. The molecule has 1 saturated heterocycles. The molecule has 16 heavy (non-hydrogen) atoms. The van der Waals surface area contributed by atoms with E-state index < -0.39 is 0 Å². The SMILES string of the molecule is Fc1cccc(NCCN2CCNCC2)c1. The summed E-state index contributed by atoms with van der Waals surface area (Å²) in [6, 6.07) is 6.60. The lowest BCUT2D eigenvalue weighted by atomic mass is 10.3. The lowest BCUT2D eigenvalue weighted by molar-refractivity contribution is 0.249. The Kier molecular flexibility index (Phi) is 4.13. The molecule has 88 valence electrons. The maximum absolute atomic E-state index is 12.9. The monoisotopic (exact) mass is 223 g/mol. The summed E-state index contributed by atoms with van der Waals surface area (Å²) in [7, 11) is 0. The van der Waals surface area contributed by atoms with E-state index in [0.29, 0.717) is 0 Å². The third kappa shape index (κ3) is 3.47. The highest BCUT2D eigenvalue weighted by atomic mass is 19.1. The van der Waals surface area contributed by atoms with Crippen molar-refractivity contribution in [2.45, 2.75) is 0 Å². The molecule has 0 amide bonds. The van der Waals surface area contributed by atoms with Crippen LogP contribution in [0.25, 0.3) is 0 Å². The second-order valence-corrected chi connectivity index (χ2v) is 4.03. The second kappa shape index (κ2) is 5.82. The minimum Gasteiger partial charge on any atom is -0.384 e. The predicted molar refractivity (Wildman–Crippen MR) is 64.2 cm³/mol. The van der Waals surface area contributed by atoms with E-state index in [0.717, 1.165) is 45.0 Å². The number of halogens is 1. The van der Waals surface area contributed by atoms with Crippen molar-refractivity contribution in [1.82, 2.24) is 10.2 Å². The van der Waals surface area contributed by atoms with Crippen LogP contribution in [-0.2, 0) is 0 Å². The molecule has 1 aromatic carbocycles. The molecule has 2 N–H and O–H groups in total. The summed E-state index contributed by atoms with van der Waals surface area (Å²) in [5.41, 5.74) is 0.857. The number of rotatable bonds is 4. The summed E-state index contributed by atoms with van der Waals surface area (Å²) in [5, 5.41) is 6.55. The molecule has 1 heterocycles. The Bertz CT molecular complexity index is 324. The zero-order valence-electron chi connectivity index (χ0n) is 9.38. The standard InChI is InChI=1S/C12H18FN3/c13-11-2-1-3-12(10-11)15-6-9-16-7-4-14-5-8-16/h1-3,10,14-15H,4-9H2. The fourth-order valence-corrected chi connectivity index (χ4v) is 1.89. The van der Waals surface area contributed by atoms with Gasteiger partial charge in [0.1, 0.15) is 5.82 Å². The molecule has 1 aliphatic rings. The minimum absolute atomic E-state index is 0.188. The molecule has 1 aromatic rings. The summed E-state index contributed by atoms with van der Waals surface area (Å²) in [6.07, 6.45) is 0. The van der Waals surface area contributed by atoms with Gasteiger partial charge in [-0.15, -0.1) is 0 Å². The van der Waals surface area contributed by atoms with E-state index in [1.807, 2.05) is 6.07 Å². The van der Waals surface area contributed by atoms with Crippen LogP contribution >= 0.6 is 0 Å². The van der Waals surface area contributed by atoms with Crippen LogP contribution in [0.4, 0.5) is 10.1 Å². The van der Waals surface area contributed by atoms with Gasteiger partial charge in [0.25, 0.3) is 0 Å². The van der Waals surface area contributed by atoms with Crippen LogP contribution in [-0.4, -0.2) is 44.2 Å². The van der Waals surface area contributed by atoms with Crippen molar-refractivity contribution in [2.75, 3.05) is 44.6 Å². The molecule has 0 bridgehead atoms. The van der Waals surface area contributed by atoms with Gasteiger partial charge in [-0.3, -0.25) is 4.90 Å². The smallest absolute Gasteiger partial charge is 0.125 e. The largest absolute Gasteiger partial charge is 0.384 e. The number of nitrogens with zero attached hydrogens (tertiary/aromatic N) is 1. The van der Waals surface area contributed by atoms with E-state index in [4.69, 9.17) is 0 Å². The topological polar surface area (TPSA) is 27.3 Å². The van der Waals surface area contributed by atoms with E-state index in [-0.39, 0.29) is 5.82 Å². The molecule has 1 fully saturated rings. The summed E-state index contributed by atoms with van der Waals surface area (Å²) in [5.74, 6) is -0.188. The lowest BCUT2D eigenvalue weighted by Crippen LogP contribution is -2.45. The van der Waals surface area contributed by atoms with E-state index in [1.54, 1.807) is 6.07 Å². The molecule has 0 atom stereocenters. The number of hydrogen-bond acceptors (Lipinski definition) is 3. The van der Waals surface area contributed by atoms with Crippen molar-refractivity contribution >= 4 is 5.69 Å². The van der Waals surface area contributed by atoms with Crippen LogP contribution in [0.3, 0.4) is 0 Å². The first-order chi connectivity index (χ1) is 7.84. The quantitative estimate of drug-likeness (QED) is 0.801. The molecular formula is C12H18FN3. The van der Waals surface area contributed by atoms with Gasteiger partial charge in [0.2, 0.25) is 0 Å². The highest BCUT2D eigenvalue weighted by Gasteiger charge is 2.07. The van der Waals surface area contributed by atoms with Gasteiger partial charge >= 0.3 is 0 Å². The summed E-state index contributed by atoms with van der Waals surface area (Å²) in [6.45, 7) is 6.22. The zero-order chi connectivity index (χ0) is 11.2. The fraction of sp³-hybridized carbons (Fsp3) is 0.500. The van der Waals surface area contributed by atoms with Gasteiger partial charge in [-0.1, -0.05) is 6.07 Å². The van der Waals surface area contributed by atoms with Gasteiger partial charge in [0.05, 0.1) is 0 Å². The number of nitrogens with one attached hydrogen (secondary N) is 2. The molecule has 2 rings (SSSR count). The Labute approximate surface area is 95.6 Å². The van der Waals surface area contributed by atoms with Gasteiger partial charge in [-0.25, -0.2) is 4.39 Å². The molecule has 0 unspecified atom stereocenters. The van der Waals surface area contributed by atoms with Gasteiger partial charge in [-0.05, 0) is 18.2 Å². The van der Waals surface area contributed by atoms with Crippen LogP contribution in [0, 0.1) is 5.82 Å². The van der Waals surface area contributed by atoms with Crippen LogP contribution in [0.5, 0.6) is 0 Å². The van der Waals surface area contributed by atoms with Crippen LogP contribution in [0.1, 0.15) is 0 Å². The molecule has 1 aliphatic heterocycles. The fourth-order valence-electron chi connectivity index (χ4n) is 1.89. The Balaban J connectivity index is 1.71. The van der Waals surface area contributed by atoms with Crippen molar-refractivity contribution in [3.05, 3.63) is 30.1 Å². The first kappa shape index (κ1) is 11.4. The third-order valence-corrected chi connectivity index (χ3v) is 2.79. The average Bonchev–Trinajstić information content (AvgIpc) is 2.30. The van der Waals surface area contributed by atoms with E-state index >= 15 is 0 Å². The Morgan fingerprint density at radius 1 is 1.31 bits per heavy atom. The van der Waals surface area contributed by atoms with Crippen LogP contribution in [0.2, 0.25) is 0 Å². The predicted octanol–water partition coefficient (Wildman–Crippen LogP) is 1.14. The minimum atomic E-state index is -0.188. The maximum atomic E-state index is 12.9. The number of anilines is 1. The van der Waals surface area contributed by atoms with E-state index in [2.05, 4.69) is 15.5 Å². The second-order valence-electron chi connectivity index (χ2n) is 4.03. The highest BCUT2D eigenvalue weighted by molar-refractivity contribution is 5.42. The van der Waals surface area contributed by atoms with Crippen LogP contribution < -0.4 is 10.6 Å². The summed E-state index contributed by atoms with van der Waals surface area (Å²) in [4.78, 5) is 2.41. The molecule has 0 aromatic heterocycles. The van der Waals surface area contributed by atoms with Crippen LogP contribution in [0.15, 0.2) is 24.3 Å². The molecule has 0 aliphatic carbocycles. The average molecular weight is 223 g/mol. The Hall–Kier alpha value is -1.13. The Morgan fingerprint density at radius 3 is 2.88 bits per heavy atom. The maximum Gasteiger partial charge on any atom is 0.125 e. The van der Waals surface area contributed by atoms with Crippen molar-refractivity contribution < 1.29 is 4.39 Å². The van der Waals surface area contributed by atoms with Crippen molar-refractivity contribution in [3.8, 4) is 0 Å². The third-order valence-electron chi connectivity index (χ3n) is 2.79. The Morgan fingerprint density at radius 2 is 2.12 bits per heavy atom. The van der Waals surface area contributed by atoms with Crippen molar-refractivity contribution in [1.29, 1.82) is 0 Å². The van der Waals surface area contributed by atoms with Gasteiger partial charge in [0, 0.05) is 45.0 Å². The highest BCUT2D eigenvalue weighted by Crippen LogP contribution is 2.08. The van der Waals surface area contributed by atoms with Gasteiger partial charge in [-0.2, -0.15) is 0 Å². The molecule has 0 spiro atoms. The lowest BCUT2D eigenvalue weighted by Gasteiger charge is -2.27. The van der Waals surface area contributed by atoms with E-state index in [9.17, 15) is 4.39 Å².